The van der Waals surface area contributed by atoms with Gasteiger partial charge in [0.25, 0.3) is 11.8 Å². The van der Waals surface area contributed by atoms with Crippen molar-refractivity contribution in [3.8, 4) is 22.5 Å². The lowest BCUT2D eigenvalue weighted by molar-refractivity contribution is 0.0929. The Morgan fingerprint density at radius 1 is 0.846 bits per heavy atom. The molecule has 5 aromatic rings. The monoisotopic (exact) mass is 518 g/mol. The van der Waals surface area contributed by atoms with Crippen molar-refractivity contribution in [2.75, 3.05) is 7.05 Å². The molecular weight excluding hydrogens is 491 g/mol. The molecule has 1 aromatic heterocycles. The van der Waals surface area contributed by atoms with Gasteiger partial charge >= 0.3 is 0 Å². The lowest BCUT2D eigenvalue weighted by atomic mass is 9.95. The Morgan fingerprint density at radius 3 is 2.26 bits per heavy atom. The van der Waals surface area contributed by atoms with Crippen molar-refractivity contribution in [2.24, 2.45) is 0 Å². The van der Waals surface area contributed by atoms with Gasteiger partial charge in [-0.2, -0.15) is 0 Å². The van der Waals surface area contributed by atoms with Crippen molar-refractivity contribution >= 4 is 22.8 Å². The maximum absolute atomic E-state index is 13.5. The molecule has 1 saturated carbocycles. The highest BCUT2D eigenvalue weighted by molar-refractivity contribution is 6.12. The first-order valence-electron chi connectivity index (χ1n) is 12.9. The zero-order chi connectivity index (χ0) is 27.1. The molecule has 0 saturated heterocycles. The average molecular weight is 519 g/mol. The van der Waals surface area contributed by atoms with Crippen LogP contribution in [0.2, 0.25) is 0 Å². The van der Waals surface area contributed by atoms with E-state index in [4.69, 9.17) is 4.42 Å². The second-order valence-electron chi connectivity index (χ2n) is 10.0. The molecule has 5 nitrogen and oxygen atoms in total. The van der Waals surface area contributed by atoms with E-state index in [9.17, 15) is 14.0 Å². The Labute approximate surface area is 225 Å². The quantitative estimate of drug-likeness (QED) is 0.254. The summed E-state index contributed by atoms with van der Waals surface area (Å²) < 4.78 is 19.6. The lowest BCUT2D eigenvalue weighted by Crippen LogP contribution is -2.34. The van der Waals surface area contributed by atoms with E-state index in [0.717, 1.165) is 35.1 Å². The van der Waals surface area contributed by atoms with Gasteiger partial charge in [-0.25, -0.2) is 4.39 Å². The minimum Gasteiger partial charge on any atom is -0.455 e. The fourth-order valence-corrected chi connectivity index (χ4v) is 5.15. The number of hydrogen-bond acceptors (Lipinski definition) is 3. The predicted octanol–water partition coefficient (Wildman–Crippen LogP) is 6.99. The summed E-state index contributed by atoms with van der Waals surface area (Å²) in [6, 6.07) is 27.3. The van der Waals surface area contributed by atoms with Crippen LogP contribution in [0.15, 0.2) is 95.4 Å². The van der Waals surface area contributed by atoms with Crippen LogP contribution in [0.5, 0.6) is 0 Å². The molecule has 0 aliphatic heterocycles. The van der Waals surface area contributed by atoms with Gasteiger partial charge in [-0.05, 0) is 90.6 Å². The molecule has 0 atom stereocenters. The molecule has 6 heteroatoms. The van der Waals surface area contributed by atoms with Crippen molar-refractivity contribution in [1.82, 2.24) is 10.6 Å². The molecule has 0 unspecified atom stereocenters. The molecule has 4 aromatic carbocycles. The fraction of sp³-hybridized carbons (Fsp3) is 0.152. The number of furan rings is 1. The van der Waals surface area contributed by atoms with Crippen LogP contribution in [-0.2, 0) is 5.54 Å². The van der Waals surface area contributed by atoms with Crippen LogP contribution in [0.1, 0.15) is 44.7 Å². The van der Waals surface area contributed by atoms with Crippen LogP contribution in [0, 0.1) is 12.7 Å². The zero-order valence-electron chi connectivity index (χ0n) is 21.7. The summed E-state index contributed by atoms with van der Waals surface area (Å²) in [5.41, 5.74) is 5.66. The van der Waals surface area contributed by atoms with Crippen molar-refractivity contribution in [2.45, 2.75) is 25.3 Å². The van der Waals surface area contributed by atoms with E-state index in [1.807, 2.05) is 61.5 Å². The van der Waals surface area contributed by atoms with E-state index in [-0.39, 0.29) is 23.2 Å². The number of nitrogens with one attached hydrogen (secondary N) is 2. The topological polar surface area (TPSA) is 71.3 Å². The molecule has 1 aliphatic rings. The van der Waals surface area contributed by atoms with Gasteiger partial charge in [-0.3, -0.25) is 9.59 Å². The van der Waals surface area contributed by atoms with Gasteiger partial charge < -0.3 is 15.1 Å². The number of carbonyl (C=O) groups excluding carboxylic acids is 2. The Kier molecular flexibility index (Phi) is 6.03. The Bertz CT molecular complexity index is 1720. The standard InChI is InChI=1S/C33H27FN2O3/c1-20-8-9-23(31(37)36-33(16-17-33)24-6-4-3-5-7-24)19-26(20)22-12-15-28-27(18-22)29(32(38)35-2)30(39-28)21-10-13-25(34)14-11-21/h3-15,18-19H,16-17H2,1-2H3,(H,35,38)(H,36,37). The second kappa shape index (κ2) is 9.55. The van der Waals surface area contributed by atoms with Crippen molar-refractivity contribution in [3.63, 3.8) is 0 Å². The molecule has 39 heavy (non-hydrogen) atoms. The molecule has 1 heterocycles. The Morgan fingerprint density at radius 2 is 1.56 bits per heavy atom. The van der Waals surface area contributed by atoms with Gasteiger partial charge in [0, 0.05) is 23.6 Å². The van der Waals surface area contributed by atoms with E-state index in [2.05, 4.69) is 22.8 Å². The Balaban J connectivity index is 1.39. The molecule has 2 amide bonds. The molecular formula is C33H27FN2O3. The summed E-state index contributed by atoms with van der Waals surface area (Å²) in [4.78, 5) is 26.3. The number of hydrogen-bond donors (Lipinski definition) is 2. The van der Waals surface area contributed by atoms with Gasteiger partial charge in [0.2, 0.25) is 0 Å². The number of halogens is 1. The second-order valence-corrected chi connectivity index (χ2v) is 10.0. The summed E-state index contributed by atoms with van der Waals surface area (Å²) in [6.45, 7) is 1.99. The summed E-state index contributed by atoms with van der Waals surface area (Å²) in [7, 11) is 1.56. The highest BCUT2D eigenvalue weighted by Gasteiger charge is 2.45. The van der Waals surface area contributed by atoms with E-state index in [1.165, 1.54) is 12.1 Å². The lowest BCUT2D eigenvalue weighted by Gasteiger charge is -2.18. The van der Waals surface area contributed by atoms with Gasteiger partial charge in [-0.15, -0.1) is 0 Å². The number of carbonyl (C=O) groups is 2. The van der Waals surface area contributed by atoms with Crippen LogP contribution < -0.4 is 10.6 Å². The van der Waals surface area contributed by atoms with Gasteiger partial charge in [-0.1, -0.05) is 42.5 Å². The van der Waals surface area contributed by atoms with Crippen LogP contribution >= 0.6 is 0 Å². The first-order valence-corrected chi connectivity index (χ1v) is 12.9. The molecule has 0 radical (unpaired) electrons. The van der Waals surface area contributed by atoms with Gasteiger partial charge in [0.05, 0.1) is 11.1 Å². The molecule has 0 spiro atoms. The van der Waals surface area contributed by atoms with Crippen LogP contribution in [0.4, 0.5) is 4.39 Å². The van der Waals surface area contributed by atoms with Crippen LogP contribution in [-0.4, -0.2) is 18.9 Å². The van der Waals surface area contributed by atoms with Gasteiger partial charge in [0.1, 0.15) is 17.2 Å². The van der Waals surface area contributed by atoms with E-state index >= 15 is 0 Å². The van der Waals surface area contributed by atoms with Gasteiger partial charge in [0.15, 0.2) is 0 Å². The summed E-state index contributed by atoms with van der Waals surface area (Å²) in [5.74, 6) is -0.409. The Hall–Kier alpha value is -4.71. The van der Waals surface area contributed by atoms with E-state index in [1.54, 1.807) is 19.2 Å². The first kappa shape index (κ1) is 24.6. The highest BCUT2D eigenvalue weighted by atomic mass is 19.1. The molecule has 6 rings (SSSR count). The minimum atomic E-state index is -0.366. The number of benzene rings is 4. The molecule has 1 aliphatic carbocycles. The minimum absolute atomic E-state index is 0.119. The van der Waals surface area contributed by atoms with E-state index in [0.29, 0.717) is 33.4 Å². The smallest absolute Gasteiger partial charge is 0.255 e. The van der Waals surface area contributed by atoms with Crippen molar-refractivity contribution in [1.29, 1.82) is 0 Å². The fourth-order valence-electron chi connectivity index (χ4n) is 5.15. The number of aryl methyl sites for hydroxylation is 1. The van der Waals surface area contributed by atoms with Crippen molar-refractivity contribution < 1.29 is 18.4 Å². The maximum Gasteiger partial charge on any atom is 0.255 e. The van der Waals surface area contributed by atoms with Crippen LogP contribution in [0.3, 0.4) is 0 Å². The largest absolute Gasteiger partial charge is 0.455 e. The SMILES string of the molecule is CNC(=O)c1c(-c2ccc(F)cc2)oc2ccc(-c3cc(C(=O)NC4(c5ccccc5)CC4)ccc3C)cc12. The summed E-state index contributed by atoms with van der Waals surface area (Å²) >= 11 is 0. The predicted molar refractivity (Wildman–Crippen MR) is 150 cm³/mol. The normalized spacial score (nSPS) is 13.7. The highest BCUT2D eigenvalue weighted by Crippen LogP contribution is 2.45. The molecule has 0 bridgehead atoms. The average Bonchev–Trinajstić information content (AvgIpc) is 3.65. The number of fused-ring (bicyclic) bond motifs is 1. The maximum atomic E-state index is 13.5. The first-order chi connectivity index (χ1) is 18.9. The number of amides is 2. The third-order valence-electron chi connectivity index (χ3n) is 7.49. The number of rotatable bonds is 6. The summed E-state index contributed by atoms with van der Waals surface area (Å²) in [5, 5.41) is 6.58. The molecule has 194 valence electrons. The molecule has 1 fully saturated rings. The zero-order valence-corrected chi connectivity index (χ0v) is 21.7. The van der Waals surface area contributed by atoms with Crippen LogP contribution in [0.25, 0.3) is 33.4 Å². The third-order valence-corrected chi connectivity index (χ3v) is 7.49. The van der Waals surface area contributed by atoms with E-state index < -0.39 is 0 Å². The summed E-state index contributed by atoms with van der Waals surface area (Å²) in [6.07, 6.45) is 1.83. The van der Waals surface area contributed by atoms with Crippen molar-refractivity contribution in [3.05, 3.63) is 119 Å². The third kappa shape index (κ3) is 4.48. The molecule has 2 N–H and O–H groups in total.